The van der Waals surface area contributed by atoms with Crippen LogP contribution in [0.1, 0.15) is 64.3 Å². The molecule has 2 aromatic heterocycles. The lowest BCUT2D eigenvalue weighted by atomic mass is 9.81. The summed E-state index contributed by atoms with van der Waals surface area (Å²) in [5, 5.41) is 21.8. The minimum atomic E-state index is -1.01. The quantitative estimate of drug-likeness (QED) is 0.201. The molecule has 1 saturated carbocycles. The SMILES string of the molecule is NC(=O)c1cc(-c2ccc3cc(-c4c(C5CCCCC5)c5ccc(C(=O)O)cc5n4CC(=O)N4CCOCC4)ccc3n2)ccc1O. The molecule has 1 aliphatic heterocycles. The number of phenols is 1. The molecule has 240 valence electrons. The highest BCUT2D eigenvalue weighted by molar-refractivity contribution is 6.00. The first-order valence-corrected chi connectivity index (χ1v) is 16.1. The number of carboxylic acid groups (broad SMARTS) is 1. The summed E-state index contributed by atoms with van der Waals surface area (Å²) in [6, 6.07) is 19.8. The number of primary amides is 1. The molecule has 10 heteroatoms. The molecular weight excluding hydrogens is 596 g/mol. The van der Waals surface area contributed by atoms with Crippen LogP contribution in [-0.2, 0) is 16.1 Å². The molecule has 0 spiro atoms. The Morgan fingerprint density at radius 3 is 2.40 bits per heavy atom. The van der Waals surface area contributed by atoms with Crippen LogP contribution in [0.4, 0.5) is 0 Å². The molecular formula is C37H36N4O6. The number of carbonyl (C=O) groups excluding carboxylic acids is 2. The van der Waals surface area contributed by atoms with Gasteiger partial charge < -0.3 is 30.2 Å². The highest BCUT2D eigenvalue weighted by Gasteiger charge is 2.29. The van der Waals surface area contributed by atoms with E-state index in [4.69, 9.17) is 15.5 Å². The lowest BCUT2D eigenvalue weighted by Crippen LogP contribution is -2.42. The van der Waals surface area contributed by atoms with Gasteiger partial charge in [-0.2, -0.15) is 0 Å². The number of rotatable bonds is 7. The van der Waals surface area contributed by atoms with Crippen molar-refractivity contribution in [3.8, 4) is 28.3 Å². The smallest absolute Gasteiger partial charge is 0.335 e. The van der Waals surface area contributed by atoms with Gasteiger partial charge in [0.2, 0.25) is 5.91 Å². The van der Waals surface area contributed by atoms with Crippen molar-refractivity contribution in [2.75, 3.05) is 26.3 Å². The van der Waals surface area contributed by atoms with Gasteiger partial charge in [-0.05, 0) is 78.4 Å². The number of aromatic carboxylic acids is 1. The van der Waals surface area contributed by atoms with Crippen LogP contribution in [0.25, 0.3) is 44.3 Å². The van der Waals surface area contributed by atoms with E-state index >= 15 is 0 Å². The molecule has 0 bridgehead atoms. The molecule has 2 aliphatic rings. The molecule has 7 rings (SSSR count). The number of benzene rings is 3. The Labute approximate surface area is 271 Å². The van der Waals surface area contributed by atoms with Crippen LogP contribution in [0.5, 0.6) is 5.75 Å². The number of pyridine rings is 1. The van der Waals surface area contributed by atoms with Gasteiger partial charge in [-0.15, -0.1) is 0 Å². The number of amides is 2. The second-order valence-corrected chi connectivity index (χ2v) is 12.4. The van der Waals surface area contributed by atoms with Gasteiger partial charge >= 0.3 is 5.97 Å². The number of ether oxygens (including phenoxy) is 1. The van der Waals surface area contributed by atoms with Gasteiger partial charge in [0.25, 0.3) is 5.91 Å². The first-order chi connectivity index (χ1) is 22.8. The Morgan fingerprint density at radius 2 is 1.66 bits per heavy atom. The van der Waals surface area contributed by atoms with Crippen molar-refractivity contribution in [3.05, 3.63) is 83.4 Å². The molecule has 3 aromatic carbocycles. The van der Waals surface area contributed by atoms with Crippen molar-refractivity contribution < 1.29 is 29.3 Å². The lowest BCUT2D eigenvalue weighted by Gasteiger charge is -2.28. The van der Waals surface area contributed by atoms with Crippen LogP contribution in [-0.4, -0.2) is 68.8 Å². The molecule has 10 nitrogen and oxygen atoms in total. The van der Waals surface area contributed by atoms with Crippen LogP contribution in [0, 0.1) is 0 Å². The molecule has 2 fully saturated rings. The van der Waals surface area contributed by atoms with Crippen LogP contribution in [0.3, 0.4) is 0 Å². The van der Waals surface area contributed by atoms with Gasteiger partial charge in [0.1, 0.15) is 12.3 Å². The number of nitrogens with zero attached hydrogens (tertiary/aromatic N) is 3. The molecule has 3 heterocycles. The van der Waals surface area contributed by atoms with Crippen molar-refractivity contribution in [2.24, 2.45) is 5.73 Å². The Bertz CT molecular complexity index is 2040. The first-order valence-electron chi connectivity index (χ1n) is 16.1. The van der Waals surface area contributed by atoms with Gasteiger partial charge in [-0.1, -0.05) is 37.5 Å². The maximum Gasteiger partial charge on any atom is 0.335 e. The Hall–Kier alpha value is -5.22. The van der Waals surface area contributed by atoms with Crippen molar-refractivity contribution in [3.63, 3.8) is 0 Å². The lowest BCUT2D eigenvalue weighted by molar-refractivity contribution is -0.135. The minimum Gasteiger partial charge on any atom is -0.507 e. The summed E-state index contributed by atoms with van der Waals surface area (Å²) < 4.78 is 7.51. The standard InChI is InChI=1S/C37H36N4O6/c38-36(44)28-19-24(9-13-32(28)42)30-11-7-23-18-25(8-12-29(23)39-30)35-34(22-4-2-1-3-5-22)27-10-6-26(37(45)46)20-31(27)41(35)21-33(43)40-14-16-47-17-15-40/h6-13,18-20,22,42H,1-5,14-17,21H2,(H2,38,44)(H,45,46). The highest BCUT2D eigenvalue weighted by Crippen LogP contribution is 2.45. The van der Waals surface area contributed by atoms with Crippen LogP contribution >= 0.6 is 0 Å². The third-order valence-electron chi connectivity index (χ3n) is 9.54. The molecule has 0 radical (unpaired) electrons. The third-order valence-corrected chi connectivity index (χ3v) is 9.54. The van der Waals surface area contributed by atoms with E-state index in [2.05, 4.69) is 6.07 Å². The summed E-state index contributed by atoms with van der Waals surface area (Å²) in [6.45, 7) is 2.12. The van der Waals surface area contributed by atoms with Gasteiger partial charge in [0.05, 0.1) is 46.8 Å². The monoisotopic (exact) mass is 632 g/mol. The fraction of sp³-hybridized carbons (Fsp3) is 0.297. The normalized spacial score (nSPS) is 15.7. The molecule has 1 saturated heterocycles. The number of carboxylic acids is 1. The van der Waals surface area contributed by atoms with Crippen LogP contribution < -0.4 is 5.73 Å². The zero-order chi connectivity index (χ0) is 32.7. The van der Waals surface area contributed by atoms with E-state index in [9.17, 15) is 24.6 Å². The molecule has 4 N–H and O–H groups in total. The molecule has 5 aromatic rings. The summed E-state index contributed by atoms with van der Waals surface area (Å²) >= 11 is 0. The van der Waals surface area contributed by atoms with E-state index in [1.54, 1.807) is 18.2 Å². The summed E-state index contributed by atoms with van der Waals surface area (Å²) in [7, 11) is 0. The Balaban J connectivity index is 1.39. The average Bonchev–Trinajstić information content (AvgIpc) is 3.41. The van der Waals surface area contributed by atoms with E-state index < -0.39 is 11.9 Å². The first kappa shape index (κ1) is 30.4. The number of nitrogens with two attached hydrogens (primary N) is 1. The van der Waals surface area contributed by atoms with Crippen molar-refractivity contribution in [1.29, 1.82) is 0 Å². The number of hydrogen-bond donors (Lipinski definition) is 3. The third kappa shape index (κ3) is 5.81. The Kier molecular flexibility index (Phi) is 8.11. The van der Waals surface area contributed by atoms with Gasteiger partial charge in [-0.3, -0.25) is 9.59 Å². The van der Waals surface area contributed by atoms with Gasteiger partial charge in [0, 0.05) is 29.4 Å². The van der Waals surface area contributed by atoms with Gasteiger partial charge in [-0.25, -0.2) is 9.78 Å². The number of carbonyl (C=O) groups is 3. The van der Waals surface area contributed by atoms with Gasteiger partial charge in [0.15, 0.2) is 0 Å². The predicted octanol–water partition coefficient (Wildman–Crippen LogP) is 5.93. The fourth-order valence-corrected chi connectivity index (χ4v) is 7.16. The zero-order valence-corrected chi connectivity index (χ0v) is 25.9. The van der Waals surface area contributed by atoms with E-state index in [1.165, 1.54) is 24.1 Å². The Morgan fingerprint density at radius 1 is 0.894 bits per heavy atom. The molecule has 47 heavy (non-hydrogen) atoms. The van der Waals surface area contributed by atoms with E-state index in [-0.39, 0.29) is 35.2 Å². The summed E-state index contributed by atoms with van der Waals surface area (Å²) in [5.41, 5.74) is 11.4. The van der Waals surface area contributed by atoms with Crippen LogP contribution in [0.2, 0.25) is 0 Å². The van der Waals surface area contributed by atoms with Crippen molar-refractivity contribution >= 4 is 39.6 Å². The number of aromatic hydroxyl groups is 1. The predicted molar refractivity (Wildman–Crippen MR) is 178 cm³/mol. The largest absolute Gasteiger partial charge is 0.507 e. The second-order valence-electron chi connectivity index (χ2n) is 12.4. The van der Waals surface area contributed by atoms with E-state index in [0.29, 0.717) is 37.6 Å². The molecule has 0 unspecified atom stereocenters. The molecule has 1 aliphatic carbocycles. The fourth-order valence-electron chi connectivity index (χ4n) is 7.16. The maximum absolute atomic E-state index is 13.7. The van der Waals surface area contributed by atoms with E-state index in [0.717, 1.165) is 58.7 Å². The molecule has 2 amide bonds. The second kappa shape index (κ2) is 12.5. The average molecular weight is 633 g/mol. The van der Waals surface area contributed by atoms with Crippen molar-refractivity contribution in [2.45, 2.75) is 44.6 Å². The van der Waals surface area contributed by atoms with Crippen molar-refractivity contribution in [1.82, 2.24) is 14.5 Å². The number of morpholine rings is 1. The highest BCUT2D eigenvalue weighted by atomic mass is 16.5. The summed E-state index contributed by atoms with van der Waals surface area (Å²) in [5.74, 6) is -1.66. The topological polar surface area (TPSA) is 148 Å². The van der Waals surface area contributed by atoms with Crippen LogP contribution in [0.15, 0.2) is 66.7 Å². The summed E-state index contributed by atoms with van der Waals surface area (Å²) in [6.07, 6.45) is 5.49. The molecule has 0 atom stereocenters. The van der Waals surface area contributed by atoms with E-state index in [1.807, 2.05) is 39.8 Å². The summed E-state index contributed by atoms with van der Waals surface area (Å²) in [4.78, 5) is 44.3. The maximum atomic E-state index is 13.7. The number of fused-ring (bicyclic) bond motifs is 2. The number of hydrogen-bond acceptors (Lipinski definition) is 6. The number of aromatic nitrogens is 2. The minimum absolute atomic E-state index is 0.0282. The zero-order valence-electron chi connectivity index (χ0n) is 25.9.